The van der Waals surface area contributed by atoms with Gasteiger partial charge in [-0.15, -0.1) is 0 Å². The number of likely N-dealkylation sites (N-methyl/N-ethyl adjacent to an activating group) is 1. The summed E-state index contributed by atoms with van der Waals surface area (Å²) in [6.45, 7) is 3.16. The van der Waals surface area contributed by atoms with Crippen molar-refractivity contribution in [1.82, 2.24) is 0 Å². The molecule has 0 saturated heterocycles. The number of methoxy groups -OCH3 is 1. The number of hydrogen-bond donors (Lipinski definition) is 2. The quantitative estimate of drug-likeness (QED) is 0.665. The maximum Gasteiger partial charge on any atom is 0.279 e. The fourth-order valence-electron chi connectivity index (χ4n) is 3.36. The zero-order valence-electron chi connectivity index (χ0n) is 16.7. The number of aryl methyl sites for hydroxylation is 1. The Morgan fingerprint density at radius 2 is 1.71 bits per heavy atom. The topological polar surface area (TPSA) is 42.8 Å². The number of quaternary nitrogens is 1. The Hall–Kier alpha value is -3.11. The second-order valence-electron chi connectivity index (χ2n) is 7.09. The van der Waals surface area contributed by atoms with Gasteiger partial charge in [0.1, 0.15) is 12.3 Å². The lowest BCUT2D eigenvalue weighted by atomic mass is 10.0. The molecule has 144 valence electrons. The smallest absolute Gasteiger partial charge is 0.279 e. The summed E-state index contributed by atoms with van der Waals surface area (Å²) in [5.41, 5.74) is 5.24. The first-order chi connectivity index (χ1) is 13.6. The Labute approximate surface area is 166 Å². The van der Waals surface area contributed by atoms with Crippen LogP contribution in [-0.4, -0.2) is 26.6 Å². The molecule has 0 aromatic heterocycles. The molecular formula is C24H27N2O2+. The number of nitrogens with one attached hydrogen (secondary N) is 2. The van der Waals surface area contributed by atoms with Crippen LogP contribution in [0.5, 0.6) is 5.75 Å². The van der Waals surface area contributed by atoms with Gasteiger partial charge in [0, 0.05) is 16.8 Å². The summed E-state index contributed by atoms with van der Waals surface area (Å²) in [6, 6.07) is 24.1. The molecule has 3 aromatic carbocycles. The van der Waals surface area contributed by atoms with E-state index in [1.165, 1.54) is 5.56 Å². The second-order valence-corrected chi connectivity index (χ2v) is 7.09. The molecule has 0 aliphatic carbocycles. The number of benzene rings is 3. The summed E-state index contributed by atoms with van der Waals surface area (Å²) < 4.78 is 5.45. The van der Waals surface area contributed by atoms with Crippen LogP contribution in [0.1, 0.15) is 11.1 Å². The minimum atomic E-state index is -0.00694. The molecule has 0 spiro atoms. The summed E-state index contributed by atoms with van der Waals surface area (Å²) in [5.74, 6) is 0.854. The Kier molecular flexibility index (Phi) is 6.45. The van der Waals surface area contributed by atoms with E-state index in [-0.39, 0.29) is 5.91 Å². The van der Waals surface area contributed by atoms with E-state index in [1.54, 1.807) is 7.11 Å². The molecule has 0 bridgehead atoms. The number of ether oxygens (including phenoxy) is 1. The van der Waals surface area contributed by atoms with Crippen molar-refractivity contribution in [2.24, 2.45) is 0 Å². The average Bonchev–Trinajstić information content (AvgIpc) is 2.69. The third kappa shape index (κ3) is 4.99. The third-order valence-electron chi connectivity index (χ3n) is 4.68. The lowest BCUT2D eigenvalue weighted by molar-refractivity contribution is -0.885. The molecule has 0 heterocycles. The highest BCUT2D eigenvalue weighted by molar-refractivity contribution is 5.96. The normalized spacial score (nSPS) is 11.7. The van der Waals surface area contributed by atoms with Crippen molar-refractivity contribution in [3.05, 3.63) is 83.9 Å². The SMILES string of the molecule is COc1ccc(C)cc1C[NH+](C)CC(=O)Nc1ccccc1-c1ccccc1. The van der Waals surface area contributed by atoms with Crippen LogP contribution in [0, 0.1) is 6.92 Å². The van der Waals surface area contributed by atoms with Crippen LogP contribution in [0.3, 0.4) is 0 Å². The molecule has 0 aliphatic rings. The highest BCUT2D eigenvalue weighted by Crippen LogP contribution is 2.27. The van der Waals surface area contributed by atoms with E-state index in [4.69, 9.17) is 4.74 Å². The van der Waals surface area contributed by atoms with Gasteiger partial charge in [-0.3, -0.25) is 4.79 Å². The standard InChI is InChI=1S/C24H26N2O2/c1-18-13-14-23(28-3)20(15-18)16-26(2)17-24(27)25-22-12-8-7-11-21(22)19-9-5-4-6-10-19/h4-15H,16-17H2,1-3H3,(H,25,27)/p+1. The predicted molar refractivity (Wildman–Crippen MR) is 114 cm³/mol. The summed E-state index contributed by atoms with van der Waals surface area (Å²) in [7, 11) is 3.70. The summed E-state index contributed by atoms with van der Waals surface area (Å²) in [4.78, 5) is 13.8. The maximum absolute atomic E-state index is 12.7. The average molecular weight is 375 g/mol. The van der Waals surface area contributed by atoms with Crippen LogP contribution < -0.4 is 15.0 Å². The molecule has 0 radical (unpaired) electrons. The number of carbonyl (C=O) groups excluding carboxylic acids is 1. The van der Waals surface area contributed by atoms with Crippen LogP contribution in [-0.2, 0) is 11.3 Å². The highest BCUT2D eigenvalue weighted by Gasteiger charge is 2.15. The zero-order valence-corrected chi connectivity index (χ0v) is 16.7. The van der Waals surface area contributed by atoms with Gasteiger partial charge in [0.15, 0.2) is 6.54 Å². The first-order valence-corrected chi connectivity index (χ1v) is 9.46. The van der Waals surface area contributed by atoms with Crippen LogP contribution >= 0.6 is 0 Å². The van der Waals surface area contributed by atoms with Crippen LogP contribution in [0.4, 0.5) is 5.69 Å². The molecule has 2 N–H and O–H groups in total. The van der Waals surface area contributed by atoms with Gasteiger partial charge in [0.2, 0.25) is 0 Å². The van der Waals surface area contributed by atoms with Crippen molar-refractivity contribution < 1.29 is 14.4 Å². The molecule has 1 amide bonds. The Bertz CT molecular complexity index is 938. The van der Waals surface area contributed by atoms with Gasteiger partial charge in [-0.1, -0.05) is 60.2 Å². The van der Waals surface area contributed by atoms with Crippen LogP contribution in [0.2, 0.25) is 0 Å². The van der Waals surface area contributed by atoms with E-state index in [0.717, 1.165) is 39.6 Å². The molecule has 1 unspecified atom stereocenters. The van der Waals surface area contributed by atoms with E-state index >= 15 is 0 Å². The van der Waals surface area contributed by atoms with Gasteiger partial charge in [-0.05, 0) is 30.7 Å². The molecule has 28 heavy (non-hydrogen) atoms. The van der Waals surface area contributed by atoms with Gasteiger partial charge >= 0.3 is 0 Å². The molecule has 4 heteroatoms. The summed E-state index contributed by atoms with van der Waals surface area (Å²) in [5, 5.41) is 3.07. The fourth-order valence-corrected chi connectivity index (χ4v) is 3.36. The molecule has 3 aromatic rings. The Balaban J connectivity index is 1.67. The number of amides is 1. The number of rotatable bonds is 7. The minimum absolute atomic E-state index is 0.00694. The van der Waals surface area contributed by atoms with Crippen molar-refractivity contribution >= 4 is 11.6 Å². The van der Waals surface area contributed by atoms with E-state index in [1.807, 2.05) is 73.8 Å². The van der Waals surface area contributed by atoms with Crippen molar-refractivity contribution in [2.75, 3.05) is 26.0 Å². The Morgan fingerprint density at radius 3 is 2.46 bits per heavy atom. The number of carbonyl (C=O) groups is 1. The Morgan fingerprint density at radius 1 is 1.00 bits per heavy atom. The van der Waals surface area contributed by atoms with E-state index in [9.17, 15) is 4.79 Å². The van der Waals surface area contributed by atoms with Gasteiger partial charge in [-0.25, -0.2) is 0 Å². The monoisotopic (exact) mass is 375 g/mol. The first kappa shape index (κ1) is 19.6. The van der Waals surface area contributed by atoms with Gasteiger partial charge in [-0.2, -0.15) is 0 Å². The van der Waals surface area contributed by atoms with Gasteiger partial charge in [0.05, 0.1) is 14.2 Å². The van der Waals surface area contributed by atoms with Crippen molar-refractivity contribution in [3.8, 4) is 16.9 Å². The maximum atomic E-state index is 12.7. The minimum Gasteiger partial charge on any atom is -0.496 e. The van der Waals surface area contributed by atoms with Gasteiger partial charge in [0.25, 0.3) is 5.91 Å². The van der Waals surface area contributed by atoms with Crippen molar-refractivity contribution in [1.29, 1.82) is 0 Å². The van der Waals surface area contributed by atoms with Crippen LogP contribution in [0.15, 0.2) is 72.8 Å². The lowest BCUT2D eigenvalue weighted by Gasteiger charge is -2.17. The van der Waals surface area contributed by atoms with Crippen LogP contribution in [0.25, 0.3) is 11.1 Å². The number of para-hydroxylation sites is 1. The molecule has 0 saturated carbocycles. The highest BCUT2D eigenvalue weighted by atomic mass is 16.5. The van der Waals surface area contributed by atoms with E-state index < -0.39 is 0 Å². The van der Waals surface area contributed by atoms with Gasteiger partial charge < -0.3 is 15.0 Å². The lowest BCUT2D eigenvalue weighted by Crippen LogP contribution is -3.08. The number of anilines is 1. The molecule has 0 fully saturated rings. The third-order valence-corrected chi connectivity index (χ3v) is 4.68. The van der Waals surface area contributed by atoms with E-state index in [2.05, 4.69) is 18.3 Å². The van der Waals surface area contributed by atoms with E-state index in [0.29, 0.717) is 6.54 Å². The molecule has 0 aliphatic heterocycles. The summed E-state index contributed by atoms with van der Waals surface area (Å²) >= 11 is 0. The second kappa shape index (κ2) is 9.20. The predicted octanol–water partition coefficient (Wildman–Crippen LogP) is 3.32. The fraction of sp³-hybridized carbons (Fsp3) is 0.208. The first-order valence-electron chi connectivity index (χ1n) is 9.46. The van der Waals surface area contributed by atoms with Crippen molar-refractivity contribution in [3.63, 3.8) is 0 Å². The van der Waals surface area contributed by atoms with Crippen molar-refractivity contribution in [2.45, 2.75) is 13.5 Å². The summed E-state index contributed by atoms with van der Waals surface area (Å²) in [6.07, 6.45) is 0. The largest absolute Gasteiger partial charge is 0.496 e. The molecular weight excluding hydrogens is 348 g/mol. The molecule has 4 nitrogen and oxygen atoms in total. The molecule has 1 atom stereocenters. The number of hydrogen-bond acceptors (Lipinski definition) is 2. The molecule has 3 rings (SSSR count). The zero-order chi connectivity index (χ0) is 19.9.